The van der Waals surface area contributed by atoms with Crippen molar-refractivity contribution in [1.82, 2.24) is 5.32 Å². The molecule has 2 atom stereocenters. The van der Waals surface area contributed by atoms with E-state index in [4.69, 9.17) is 0 Å². The van der Waals surface area contributed by atoms with Crippen LogP contribution in [0.3, 0.4) is 0 Å². The third-order valence-corrected chi connectivity index (χ3v) is 5.67. The van der Waals surface area contributed by atoms with Gasteiger partial charge in [-0.3, -0.25) is 0 Å². The van der Waals surface area contributed by atoms with Gasteiger partial charge in [0, 0.05) is 24.8 Å². The highest BCUT2D eigenvalue weighted by atomic mass is 15.2. The first-order valence-electron chi connectivity index (χ1n) is 8.51. The molecular weight excluding hydrogens is 244 g/mol. The number of rotatable bonds is 1. The number of hydrogen-bond donors (Lipinski definition) is 1. The van der Waals surface area contributed by atoms with Gasteiger partial charge in [0.15, 0.2) is 0 Å². The Bertz CT molecular complexity index is 480. The zero-order valence-electron chi connectivity index (χ0n) is 12.4. The molecule has 0 unspecified atom stereocenters. The van der Waals surface area contributed by atoms with Crippen LogP contribution in [-0.2, 0) is 13.0 Å². The maximum Gasteiger partial charge on any atom is 0.0417 e. The van der Waals surface area contributed by atoms with E-state index in [2.05, 4.69) is 28.4 Å². The van der Waals surface area contributed by atoms with Gasteiger partial charge in [0.05, 0.1) is 0 Å². The third-order valence-electron chi connectivity index (χ3n) is 5.67. The van der Waals surface area contributed by atoms with E-state index < -0.39 is 0 Å². The molecule has 1 saturated carbocycles. The predicted octanol–water partition coefficient (Wildman–Crippen LogP) is 3.49. The average molecular weight is 270 g/mol. The Labute approximate surface area is 122 Å². The third kappa shape index (κ3) is 2.14. The molecule has 1 aliphatic carbocycles. The average Bonchev–Trinajstić information content (AvgIpc) is 2.54. The van der Waals surface area contributed by atoms with Gasteiger partial charge >= 0.3 is 0 Å². The topological polar surface area (TPSA) is 15.3 Å². The molecule has 0 amide bonds. The van der Waals surface area contributed by atoms with Crippen molar-refractivity contribution in [1.29, 1.82) is 0 Å². The number of fused-ring (bicyclic) bond motifs is 2. The second-order valence-electron chi connectivity index (χ2n) is 6.79. The summed E-state index contributed by atoms with van der Waals surface area (Å²) in [7, 11) is 0. The van der Waals surface area contributed by atoms with Crippen LogP contribution in [0.4, 0.5) is 5.69 Å². The molecule has 1 saturated heterocycles. The van der Waals surface area contributed by atoms with Crippen LogP contribution < -0.4 is 10.2 Å². The number of hydrogen-bond acceptors (Lipinski definition) is 2. The Morgan fingerprint density at radius 3 is 2.95 bits per heavy atom. The lowest BCUT2D eigenvalue weighted by Crippen LogP contribution is -2.47. The van der Waals surface area contributed by atoms with Gasteiger partial charge in [0.1, 0.15) is 0 Å². The summed E-state index contributed by atoms with van der Waals surface area (Å²) >= 11 is 0. The SMILES string of the molecule is c1cc2c(c(N3CCC[C@H]4CCCC[C@H]43)c1)CNCC2. The second-order valence-corrected chi connectivity index (χ2v) is 6.79. The molecule has 4 rings (SSSR count). The van der Waals surface area contributed by atoms with Gasteiger partial charge in [-0.25, -0.2) is 0 Å². The summed E-state index contributed by atoms with van der Waals surface area (Å²) in [5.74, 6) is 0.963. The first-order chi connectivity index (χ1) is 9.93. The quantitative estimate of drug-likeness (QED) is 0.840. The van der Waals surface area contributed by atoms with Gasteiger partial charge in [0.2, 0.25) is 0 Å². The fourth-order valence-electron chi connectivity index (χ4n) is 4.69. The molecule has 1 aromatic carbocycles. The number of benzene rings is 1. The minimum Gasteiger partial charge on any atom is -0.368 e. The second kappa shape index (κ2) is 5.40. The van der Waals surface area contributed by atoms with Crippen LogP contribution >= 0.6 is 0 Å². The Balaban J connectivity index is 1.69. The molecule has 20 heavy (non-hydrogen) atoms. The molecular formula is C18H26N2. The van der Waals surface area contributed by atoms with Gasteiger partial charge in [-0.2, -0.15) is 0 Å². The van der Waals surface area contributed by atoms with E-state index in [0.717, 1.165) is 25.0 Å². The van der Waals surface area contributed by atoms with E-state index in [9.17, 15) is 0 Å². The van der Waals surface area contributed by atoms with Gasteiger partial charge in [0.25, 0.3) is 0 Å². The van der Waals surface area contributed by atoms with Crippen LogP contribution in [-0.4, -0.2) is 19.1 Å². The first kappa shape index (κ1) is 12.7. The van der Waals surface area contributed by atoms with Crippen molar-refractivity contribution in [2.45, 2.75) is 57.5 Å². The Morgan fingerprint density at radius 2 is 1.95 bits per heavy atom. The Morgan fingerprint density at radius 1 is 1.05 bits per heavy atom. The molecule has 0 bridgehead atoms. The molecule has 1 aromatic rings. The van der Waals surface area contributed by atoms with Crippen LogP contribution in [0.5, 0.6) is 0 Å². The maximum absolute atomic E-state index is 3.57. The van der Waals surface area contributed by atoms with Gasteiger partial charge < -0.3 is 10.2 Å². The summed E-state index contributed by atoms with van der Waals surface area (Å²) < 4.78 is 0. The first-order valence-corrected chi connectivity index (χ1v) is 8.51. The molecule has 3 aliphatic rings. The summed E-state index contributed by atoms with van der Waals surface area (Å²) in [5, 5.41) is 3.57. The molecule has 0 aromatic heterocycles. The molecule has 2 heteroatoms. The highest BCUT2D eigenvalue weighted by Gasteiger charge is 2.34. The number of nitrogens with zero attached hydrogens (tertiary/aromatic N) is 1. The lowest BCUT2D eigenvalue weighted by molar-refractivity contribution is 0.243. The van der Waals surface area contributed by atoms with Gasteiger partial charge in [-0.1, -0.05) is 25.0 Å². The predicted molar refractivity (Wildman–Crippen MR) is 84.2 cm³/mol. The van der Waals surface area contributed by atoms with Gasteiger partial charge in [-0.05, 0) is 61.8 Å². The maximum atomic E-state index is 3.57. The number of anilines is 1. The van der Waals surface area contributed by atoms with Crippen LogP contribution in [0.25, 0.3) is 0 Å². The Kier molecular flexibility index (Phi) is 3.43. The van der Waals surface area contributed by atoms with Crippen LogP contribution in [0.1, 0.15) is 49.7 Å². The van der Waals surface area contributed by atoms with E-state index in [1.165, 1.54) is 51.5 Å². The van der Waals surface area contributed by atoms with E-state index >= 15 is 0 Å². The van der Waals surface area contributed by atoms with Crippen LogP contribution in [0.2, 0.25) is 0 Å². The molecule has 0 spiro atoms. The lowest BCUT2D eigenvalue weighted by atomic mass is 9.78. The molecule has 2 fully saturated rings. The minimum atomic E-state index is 0.825. The molecule has 1 N–H and O–H groups in total. The van der Waals surface area contributed by atoms with E-state index in [1.807, 2.05) is 0 Å². The number of nitrogens with one attached hydrogen (secondary N) is 1. The van der Waals surface area contributed by atoms with Gasteiger partial charge in [-0.15, -0.1) is 0 Å². The highest BCUT2D eigenvalue weighted by molar-refractivity contribution is 5.58. The minimum absolute atomic E-state index is 0.825. The summed E-state index contributed by atoms with van der Waals surface area (Å²) in [6, 6.07) is 7.82. The van der Waals surface area contributed by atoms with Crippen molar-refractivity contribution in [3.8, 4) is 0 Å². The monoisotopic (exact) mass is 270 g/mol. The van der Waals surface area contributed by atoms with Crippen molar-refractivity contribution < 1.29 is 0 Å². The summed E-state index contributed by atoms with van der Waals surface area (Å²) in [5.41, 5.74) is 4.72. The zero-order chi connectivity index (χ0) is 13.4. The molecule has 2 nitrogen and oxygen atoms in total. The van der Waals surface area contributed by atoms with E-state index in [1.54, 1.807) is 16.8 Å². The summed E-state index contributed by atoms with van der Waals surface area (Å²) in [6.07, 6.45) is 9.84. The van der Waals surface area contributed by atoms with Crippen molar-refractivity contribution in [3.05, 3.63) is 29.3 Å². The lowest BCUT2D eigenvalue weighted by Gasteiger charge is -2.46. The number of piperidine rings is 1. The largest absolute Gasteiger partial charge is 0.368 e. The fourth-order valence-corrected chi connectivity index (χ4v) is 4.69. The van der Waals surface area contributed by atoms with Crippen molar-refractivity contribution >= 4 is 5.69 Å². The molecule has 0 radical (unpaired) electrons. The van der Waals surface area contributed by atoms with E-state index in [-0.39, 0.29) is 0 Å². The summed E-state index contributed by atoms with van der Waals surface area (Å²) in [6.45, 7) is 3.49. The summed E-state index contributed by atoms with van der Waals surface area (Å²) in [4.78, 5) is 2.78. The molecule has 2 heterocycles. The molecule has 2 aliphatic heterocycles. The molecule has 108 valence electrons. The van der Waals surface area contributed by atoms with Crippen LogP contribution in [0, 0.1) is 5.92 Å². The Hall–Kier alpha value is -1.02. The van der Waals surface area contributed by atoms with Crippen molar-refractivity contribution in [2.24, 2.45) is 5.92 Å². The van der Waals surface area contributed by atoms with E-state index in [0.29, 0.717) is 0 Å². The normalized spacial score (nSPS) is 29.7. The van der Waals surface area contributed by atoms with Crippen LogP contribution in [0.15, 0.2) is 18.2 Å². The van der Waals surface area contributed by atoms with Crippen molar-refractivity contribution in [2.75, 3.05) is 18.0 Å². The fraction of sp³-hybridized carbons (Fsp3) is 0.667. The smallest absolute Gasteiger partial charge is 0.0417 e. The standard InChI is InChI=1S/C18H26N2/c1-2-8-17-15(5-1)7-4-12-20(17)18-9-3-6-14-10-11-19-13-16(14)18/h3,6,9,15,17,19H,1-2,4-5,7-8,10-13H2/t15-,17-/m1/s1. The zero-order valence-corrected chi connectivity index (χ0v) is 12.4. The van der Waals surface area contributed by atoms with Crippen molar-refractivity contribution in [3.63, 3.8) is 0 Å². The highest BCUT2D eigenvalue weighted by Crippen LogP contribution is 2.39.